The van der Waals surface area contributed by atoms with E-state index in [9.17, 15) is 0 Å². The zero-order chi connectivity index (χ0) is 21.2. The number of hydrogen-bond acceptors (Lipinski definition) is 6. The molecule has 0 saturated heterocycles. The third-order valence-corrected chi connectivity index (χ3v) is 6.09. The molecule has 0 unspecified atom stereocenters. The summed E-state index contributed by atoms with van der Waals surface area (Å²) >= 11 is 13.9. The van der Waals surface area contributed by atoms with E-state index in [0.29, 0.717) is 27.4 Å². The van der Waals surface area contributed by atoms with Crippen LogP contribution < -0.4 is 5.43 Å². The Morgan fingerprint density at radius 2 is 1.84 bits per heavy atom. The van der Waals surface area contributed by atoms with E-state index < -0.39 is 0 Å². The van der Waals surface area contributed by atoms with Crippen LogP contribution in [-0.4, -0.2) is 16.2 Å². The van der Waals surface area contributed by atoms with E-state index in [4.69, 9.17) is 27.6 Å². The van der Waals surface area contributed by atoms with Gasteiger partial charge in [0.2, 0.25) is 0 Å². The summed E-state index contributed by atoms with van der Waals surface area (Å²) in [6.45, 7) is 0. The molecule has 0 aliphatic carbocycles. The highest BCUT2D eigenvalue weighted by molar-refractivity contribution is 7.17. The Kier molecular flexibility index (Phi) is 5.42. The van der Waals surface area contributed by atoms with Gasteiger partial charge in [-0.3, -0.25) is 5.43 Å². The van der Waals surface area contributed by atoms with E-state index in [0.717, 1.165) is 26.9 Å². The number of nitrogens with zero attached hydrogens (tertiary/aromatic N) is 3. The molecule has 3 aromatic heterocycles. The van der Waals surface area contributed by atoms with Gasteiger partial charge in [0.1, 0.15) is 22.7 Å². The quantitative estimate of drug-likeness (QED) is 0.217. The minimum absolute atomic E-state index is 0.564. The number of anilines is 1. The van der Waals surface area contributed by atoms with Crippen LogP contribution in [0.25, 0.3) is 32.7 Å². The number of aromatic nitrogens is 2. The van der Waals surface area contributed by atoms with Crippen molar-refractivity contribution in [1.29, 1.82) is 0 Å². The summed E-state index contributed by atoms with van der Waals surface area (Å²) in [4.78, 5) is 9.65. The molecular weight excluding hydrogens is 451 g/mol. The summed E-state index contributed by atoms with van der Waals surface area (Å²) in [6.07, 6.45) is 3.11. The average Bonchev–Trinajstić information content (AvgIpc) is 3.44. The van der Waals surface area contributed by atoms with Gasteiger partial charge >= 0.3 is 0 Å². The Hall–Kier alpha value is -3.19. The molecule has 0 aliphatic heterocycles. The van der Waals surface area contributed by atoms with Crippen molar-refractivity contribution in [3.63, 3.8) is 0 Å². The Morgan fingerprint density at radius 3 is 2.71 bits per heavy atom. The predicted molar refractivity (Wildman–Crippen MR) is 128 cm³/mol. The Morgan fingerprint density at radius 1 is 0.968 bits per heavy atom. The highest BCUT2D eigenvalue weighted by atomic mass is 35.5. The Balaban J connectivity index is 1.41. The average molecular weight is 465 g/mol. The zero-order valence-corrected chi connectivity index (χ0v) is 18.2. The first-order chi connectivity index (χ1) is 15.2. The van der Waals surface area contributed by atoms with Crippen LogP contribution in [0.15, 0.2) is 81.9 Å². The van der Waals surface area contributed by atoms with E-state index in [1.54, 1.807) is 35.8 Å². The number of benzene rings is 2. The number of thiophene rings is 1. The van der Waals surface area contributed by atoms with Crippen LogP contribution in [-0.2, 0) is 0 Å². The molecule has 0 fully saturated rings. The fourth-order valence-corrected chi connectivity index (χ4v) is 4.50. The number of nitrogens with one attached hydrogen (secondary N) is 1. The number of hydrazone groups is 1. The number of rotatable bonds is 5. The summed E-state index contributed by atoms with van der Waals surface area (Å²) in [5, 5.41) is 8.48. The van der Waals surface area contributed by atoms with Crippen LogP contribution in [0.1, 0.15) is 5.76 Å². The van der Waals surface area contributed by atoms with Crippen LogP contribution >= 0.6 is 34.5 Å². The maximum Gasteiger partial charge on any atom is 0.159 e. The monoisotopic (exact) mass is 464 g/mol. The third kappa shape index (κ3) is 4.05. The molecule has 1 N–H and O–H groups in total. The molecule has 5 aromatic rings. The van der Waals surface area contributed by atoms with Crippen molar-refractivity contribution in [1.82, 2.24) is 9.97 Å². The van der Waals surface area contributed by atoms with Gasteiger partial charge in [-0.15, -0.1) is 11.3 Å². The number of furan rings is 1. The first-order valence-corrected chi connectivity index (χ1v) is 10.9. The molecule has 31 heavy (non-hydrogen) atoms. The minimum atomic E-state index is 0.564. The van der Waals surface area contributed by atoms with Gasteiger partial charge in [-0.1, -0.05) is 53.5 Å². The second-order valence-corrected chi connectivity index (χ2v) is 8.32. The first-order valence-electron chi connectivity index (χ1n) is 9.31. The van der Waals surface area contributed by atoms with E-state index in [1.807, 2.05) is 30.3 Å². The van der Waals surface area contributed by atoms with Crippen LogP contribution in [0.4, 0.5) is 5.82 Å². The molecule has 0 aliphatic rings. The van der Waals surface area contributed by atoms with Gasteiger partial charge in [0.25, 0.3) is 0 Å². The van der Waals surface area contributed by atoms with E-state index in [1.165, 1.54) is 6.33 Å². The topological polar surface area (TPSA) is 63.3 Å². The van der Waals surface area contributed by atoms with Gasteiger partial charge in [-0.2, -0.15) is 5.10 Å². The van der Waals surface area contributed by atoms with E-state index in [2.05, 4.69) is 38.0 Å². The molecule has 0 atom stereocenters. The van der Waals surface area contributed by atoms with Crippen molar-refractivity contribution in [2.45, 2.75) is 0 Å². The van der Waals surface area contributed by atoms with Gasteiger partial charge in [0.15, 0.2) is 5.82 Å². The SMILES string of the molecule is Clc1ccc(Cl)c(-c2ccc(C=NNc3ncnc4scc(-c5ccccc5)c34)o2)c1. The summed E-state index contributed by atoms with van der Waals surface area (Å²) < 4.78 is 5.85. The maximum absolute atomic E-state index is 6.26. The highest BCUT2D eigenvalue weighted by Crippen LogP contribution is 2.36. The molecule has 0 saturated carbocycles. The van der Waals surface area contributed by atoms with Crippen LogP contribution in [0.3, 0.4) is 0 Å². The summed E-state index contributed by atoms with van der Waals surface area (Å²) in [7, 11) is 0. The minimum Gasteiger partial charge on any atom is -0.455 e. The third-order valence-electron chi connectivity index (χ3n) is 4.64. The number of hydrogen-bond donors (Lipinski definition) is 1. The molecule has 8 heteroatoms. The van der Waals surface area contributed by atoms with E-state index >= 15 is 0 Å². The van der Waals surface area contributed by atoms with Crippen molar-refractivity contribution in [2.24, 2.45) is 5.10 Å². The van der Waals surface area contributed by atoms with Crippen molar-refractivity contribution in [3.05, 3.63) is 88.2 Å². The molecule has 5 nitrogen and oxygen atoms in total. The maximum atomic E-state index is 6.26. The zero-order valence-electron chi connectivity index (χ0n) is 15.9. The highest BCUT2D eigenvalue weighted by Gasteiger charge is 2.13. The molecule has 5 rings (SSSR count). The second kappa shape index (κ2) is 8.51. The van der Waals surface area contributed by atoms with Crippen LogP contribution in [0.5, 0.6) is 0 Å². The van der Waals surface area contributed by atoms with Gasteiger partial charge in [0.05, 0.1) is 16.6 Å². The first kappa shape index (κ1) is 19.8. The molecule has 0 amide bonds. The van der Waals surface area contributed by atoms with Crippen molar-refractivity contribution in [3.8, 4) is 22.5 Å². The second-order valence-electron chi connectivity index (χ2n) is 6.61. The van der Waals surface area contributed by atoms with Crippen molar-refractivity contribution >= 4 is 56.8 Å². The summed E-state index contributed by atoms with van der Waals surface area (Å²) in [6, 6.07) is 19.0. The molecule has 0 spiro atoms. The van der Waals surface area contributed by atoms with Gasteiger partial charge in [-0.05, 0) is 35.9 Å². The fourth-order valence-electron chi connectivity index (χ4n) is 3.20. The smallest absolute Gasteiger partial charge is 0.159 e. The molecule has 152 valence electrons. The predicted octanol–water partition coefficient (Wildman–Crippen LogP) is 7.37. The van der Waals surface area contributed by atoms with E-state index in [-0.39, 0.29) is 0 Å². The number of halogens is 2. The van der Waals surface area contributed by atoms with Crippen LogP contribution in [0.2, 0.25) is 10.0 Å². The molecule has 0 bridgehead atoms. The molecule has 3 heterocycles. The lowest BCUT2D eigenvalue weighted by atomic mass is 10.1. The summed E-state index contributed by atoms with van der Waals surface area (Å²) in [5.74, 6) is 1.81. The van der Waals surface area contributed by atoms with Gasteiger partial charge in [-0.25, -0.2) is 9.97 Å². The molecular formula is C23H14Cl2N4OS. The number of fused-ring (bicyclic) bond motifs is 1. The molecule has 2 aromatic carbocycles. The van der Waals surface area contributed by atoms with Crippen molar-refractivity contribution < 1.29 is 4.42 Å². The lowest BCUT2D eigenvalue weighted by molar-refractivity contribution is 0.575. The summed E-state index contributed by atoms with van der Waals surface area (Å²) in [5.41, 5.74) is 5.91. The Bertz CT molecular complexity index is 1400. The largest absolute Gasteiger partial charge is 0.455 e. The van der Waals surface area contributed by atoms with Gasteiger partial charge < -0.3 is 4.42 Å². The fraction of sp³-hybridized carbons (Fsp3) is 0. The normalized spacial score (nSPS) is 11.4. The van der Waals surface area contributed by atoms with Gasteiger partial charge in [0, 0.05) is 21.5 Å². The molecule has 0 radical (unpaired) electrons. The lowest BCUT2D eigenvalue weighted by Gasteiger charge is -2.04. The Labute approximate surface area is 192 Å². The standard InChI is InChI=1S/C23H14Cl2N4OS/c24-15-6-8-19(25)17(10-15)20-9-7-16(30-20)11-28-29-22-21-18(14-4-2-1-3-5-14)12-31-23(21)27-13-26-22/h1-13H,(H,26,27,29). The van der Waals surface area contributed by atoms with Crippen molar-refractivity contribution in [2.75, 3.05) is 5.43 Å². The lowest BCUT2D eigenvalue weighted by Crippen LogP contribution is -1.95. The van der Waals surface area contributed by atoms with Crippen LogP contribution in [0, 0.1) is 0 Å².